The number of carbonyl (C=O) groups excluding carboxylic acids is 1. The van der Waals surface area contributed by atoms with Crippen LogP contribution in [0.3, 0.4) is 0 Å². The second kappa shape index (κ2) is 12.7. The molecule has 11 nitrogen and oxygen atoms in total. The molecule has 2 aliphatic heterocycles. The third kappa shape index (κ3) is 6.99. The van der Waals surface area contributed by atoms with Crippen LogP contribution in [0.4, 0.5) is 10.6 Å². The minimum atomic E-state index is -0.888. The van der Waals surface area contributed by atoms with Gasteiger partial charge < -0.3 is 28.3 Å². The van der Waals surface area contributed by atoms with Crippen LogP contribution in [-0.4, -0.2) is 67.5 Å². The molecular weight excluding hydrogens is 600 g/mol. The third-order valence-corrected chi connectivity index (χ3v) is 8.44. The van der Waals surface area contributed by atoms with Crippen LogP contribution in [0.5, 0.6) is 0 Å². The van der Waals surface area contributed by atoms with Gasteiger partial charge in [-0.3, -0.25) is 4.90 Å². The van der Waals surface area contributed by atoms with Crippen LogP contribution in [-0.2, 0) is 37.0 Å². The normalized spacial score (nSPS) is 23.9. The summed E-state index contributed by atoms with van der Waals surface area (Å²) >= 11 is 0. The van der Waals surface area contributed by atoms with Gasteiger partial charge in [0.2, 0.25) is 0 Å². The number of hydrogen-bond acceptors (Lipinski definition) is 9. The van der Waals surface area contributed by atoms with E-state index in [1.54, 1.807) is 4.90 Å². The van der Waals surface area contributed by atoms with E-state index in [0.717, 1.165) is 30.2 Å². The van der Waals surface area contributed by atoms with E-state index in [9.17, 15) is 4.79 Å². The van der Waals surface area contributed by atoms with E-state index in [4.69, 9.17) is 28.7 Å². The molecule has 2 aromatic heterocycles. The van der Waals surface area contributed by atoms with E-state index in [-0.39, 0.29) is 19.3 Å². The number of benzene rings is 1. The number of nitrogens with zero attached hydrogens (tertiary/aromatic N) is 5. The summed E-state index contributed by atoms with van der Waals surface area (Å²) in [7, 11) is 3.34. The van der Waals surface area contributed by atoms with Crippen LogP contribution in [0.2, 0.25) is 0 Å². The molecule has 3 aromatic rings. The highest BCUT2D eigenvalue weighted by Gasteiger charge is 2.56. The summed E-state index contributed by atoms with van der Waals surface area (Å²) in [4.78, 5) is 24.3. The van der Waals surface area contributed by atoms with Crippen molar-refractivity contribution >= 4 is 39.9 Å². The summed E-state index contributed by atoms with van der Waals surface area (Å²) in [5.41, 5.74) is 2.03. The highest BCUT2D eigenvalue weighted by atomic mass is 32.0. The molecule has 0 aliphatic carbocycles. The predicted molar refractivity (Wildman–Crippen MR) is 172 cm³/mol. The van der Waals surface area contributed by atoms with Gasteiger partial charge in [0.25, 0.3) is 0 Å². The second-order valence-corrected chi connectivity index (χ2v) is 14.3. The number of hydrogen-bond donors (Lipinski definition) is 0. The zero-order valence-corrected chi connectivity index (χ0v) is 28.7. The Kier molecular flexibility index (Phi) is 9.49. The first-order valence-electron chi connectivity index (χ1n) is 14.8. The van der Waals surface area contributed by atoms with E-state index in [2.05, 4.69) is 25.6 Å². The summed E-state index contributed by atoms with van der Waals surface area (Å²) in [6, 6.07) is 9.60. The van der Waals surface area contributed by atoms with Gasteiger partial charge in [0.05, 0.1) is 30.9 Å². The van der Waals surface area contributed by atoms with E-state index >= 15 is 0 Å². The van der Waals surface area contributed by atoms with E-state index in [1.165, 1.54) is 6.33 Å². The van der Waals surface area contributed by atoms with Gasteiger partial charge in [0.1, 0.15) is 36.0 Å². The molecule has 2 aliphatic rings. The lowest BCUT2D eigenvalue weighted by atomic mass is 9.90. The van der Waals surface area contributed by atoms with Gasteiger partial charge in [-0.05, 0) is 54.0 Å². The number of aromatic nitrogens is 3. The zero-order valence-electron chi connectivity index (χ0n) is 26.7. The first-order chi connectivity index (χ1) is 20.7. The third-order valence-electron chi connectivity index (χ3n) is 7.79. The summed E-state index contributed by atoms with van der Waals surface area (Å²) < 4.78 is 37.8. The highest BCUT2D eigenvalue weighted by molar-refractivity contribution is 7.97. The first-order valence-corrected chi connectivity index (χ1v) is 17.3. The number of carbonyl (C=O) groups is 1. The molecule has 4 heterocycles. The molecule has 13 heteroatoms. The van der Waals surface area contributed by atoms with Crippen LogP contribution >= 0.6 is 17.0 Å². The fraction of sp³-hybridized carbons (Fsp3) is 0.581. The summed E-state index contributed by atoms with van der Waals surface area (Å²) in [5, 5.41) is 0. The predicted octanol–water partition coefficient (Wildman–Crippen LogP) is 7.15. The molecule has 3 unspecified atom stereocenters. The smallest absolute Gasteiger partial charge is 0.412 e. The Morgan fingerprint density at radius 3 is 2.59 bits per heavy atom. The molecule has 0 radical (unpaired) electrons. The standard InChI is InChI=1S/C31H43N5O6P2/c1-19(25-26(41-31(7,8)40-25)22-16-39-30(5,6)36(22)28(37)42-29(2,3)4)21-14-35(18-38-15-20-12-10-9-11-13-20)24-23(21)32-17-33-27(24)34-44-43/h9-14,17,19,22,25-26H,15-16,18,43H2,1-8H3/t19?,22-,25?,26-/m1/s1. The number of amides is 1. The monoisotopic (exact) mass is 643 g/mol. The summed E-state index contributed by atoms with van der Waals surface area (Å²) in [5.74, 6) is -0.503. The van der Waals surface area contributed by atoms with Crippen LogP contribution in [0, 0.1) is 0 Å². The second-order valence-electron chi connectivity index (χ2n) is 13.2. The lowest BCUT2D eigenvalue weighted by Gasteiger charge is -2.38. The number of ether oxygens (including phenoxy) is 5. The Balaban J connectivity index is 1.49. The number of rotatable bonds is 8. The quantitative estimate of drug-likeness (QED) is 0.238. The van der Waals surface area contributed by atoms with Crippen molar-refractivity contribution in [3.63, 3.8) is 0 Å². The van der Waals surface area contributed by atoms with Gasteiger partial charge >= 0.3 is 6.09 Å². The molecule has 2 fully saturated rings. The number of fused-ring (bicyclic) bond motifs is 1. The minimum absolute atomic E-state index is 0.194. The molecule has 5 rings (SSSR count). The molecule has 0 bridgehead atoms. The zero-order chi connectivity index (χ0) is 31.9. The molecule has 2 saturated heterocycles. The van der Waals surface area contributed by atoms with Crippen molar-refractivity contribution < 1.29 is 28.5 Å². The molecule has 0 spiro atoms. The van der Waals surface area contributed by atoms with Gasteiger partial charge in [-0.1, -0.05) is 46.2 Å². The van der Waals surface area contributed by atoms with Gasteiger partial charge in [0, 0.05) is 25.7 Å². The van der Waals surface area contributed by atoms with E-state index in [1.807, 2.05) is 89.6 Å². The maximum absolute atomic E-state index is 13.5. The SMILES string of the molecule is CC(c1cn(COCc2ccccc2)c2c(N=PP)ncnc12)C1OC(C)(C)O[C@@H]1[C@H]1COC(C)(C)N1C(=O)OC(C)(C)C. The Morgan fingerprint density at radius 1 is 1.18 bits per heavy atom. The lowest BCUT2D eigenvalue weighted by molar-refractivity contribution is -0.152. The van der Waals surface area contributed by atoms with Crippen LogP contribution in [0.25, 0.3) is 11.0 Å². The maximum atomic E-state index is 13.5. The Hall–Kier alpha value is -2.52. The maximum Gasteiger partial charge on any atom is 0.412 e. The highest BCUT2D eigenvalue weighted by Crippen LogP contribution is 2.44. The van der Waals surface area contributed by atoms with Gasteiger partial charge in [-0.2, -0.15) is 0 Å². The molecular formula is C31H43N5O6P2. The largest absolute Gasteiger partial charge is 0.444 e. The molecule has 0 N–H and O–H groups in total. The summed E-state index contributed by atoms with van der Waals surface area (Å²) in [6.07, 6.45) is 2.19. The topological polar surface area (TPSA) is 110 Å². The Morgan fingerprint density at radius 2 is 1.91 bits per heavy atom. The molecule has 0 saturated carbocycles. The van der Waals surface area contributed by atoms with Gasteiger partial charge in [-0.15, -0.1) is 0 Å². The van der Waals surface area contributed by atoms with Crippen LogP contribution < -0.4 is 0 Å². The Bertz CT molecular complexity index is 1510. The summed E-state index contributed by atoms with van der Waals surface area (Å²) in [6.45, 7) is 16.2. The molecule has 238 valence electrons. The van der Waals surface area contributed by atoms with Crippen molar-refractivity contribution in [1.82, 2.24) is 19.4 Å². The van der Waals surface area contributed by atoms with Crippen molar-refractivity contribution in [2.75, 3.05) is 6.61 Å². The fourth-order valence-electron chi connectivity index (χ4n) is 5.96. The van der Waals surface area contributed by atoms with Gasteiger partial charge in [-0.25, -0.2) is 19.5 Å². The molecule has 1 amide bonds. The fourth-order valence-corrected chi connectivity index (χ4v) is 6.54. The van der Waals surface area contributed by atoms with Gasteiger partial charge in [0.15, 0.2) is 11.6 Å². The van der Waals surface area contributed by atoms with Crippen molar-refractivity contribution in [1.29, 1.82) is 0 Å². The van der Waals surface area contributed by atoms with Crippen molar-refractivity contribution in [2.45, 2.75) is 110 Å². The van der Waals surface area contributed by atoms with Crippen molar-refractivity contribution in [2.24, 2.45) is 4.74 Å². The van der Waals surface area contributed by atoms with Crippen LogP contribution in [0.15, 0.2) is 47.6 Å². The lowest BCUT2D eigenvalue weighted by Crippen LogP contribution is -2.55. The average molecular weight is 644 g/mol. The minimum Gasteiger partial charge on any atom is -0.444 e. The first kappa shape index (κ1) is 32.9. The average Bonchev–Trinajstić information content (AvgIpc) is 3.58. The van der Waals surface area contributed by atoms with Crippen molar-refractivity contribution in [3.05, 3.63) is 54.0 Å². The molecule has 1 aromatic carbocycles. The molecule has 5 atom stereocenters. The van der Waals surface area contributed by atoms with E-state index in [0.29, 0.717) is 12.4 Å². The van der Waals surface area contributed by atoms with E-state index < -0.39 is 41.5 Å². The van der Waals surface area contributed by atoms with Crippen LogP contribution in [0.1, 0.15) is 72.4 Å². The molecule has 44 heavy (non-hydrogen) atoms. The van der Waals surface area contributed by atoms with Crippen molar-refractivity contribution in [3.8, 4) is 0 Å². The Labute approximate surface area is 262 Å².